The number of benzene rings is 2. The maximum Gasteiger partial charge on any atom is 0.250 e. The van der Waals surface area contributed by atoms with Gasteiger partial charge in [-0.05, 0) is 18.2 Å². The van der Waals surface area contributed by atoms with E-state index in [1.165, 1.54) is 0 Å². The largest absolute Gasteiger partial charge is 0.486 e. The first-order valence-electron chi connectivity index (χ1n) is 10.7. The maximum atomic E-state index is 13.8. The van der Waals surface area contributed by atoms with Gasteiger partial charge in [0.2, 0.25) is 23.6 Å². The number of hydrogen-bond acceptors (Lipinski definition) is 7. The number of rotatable bonds is 3. The van der Waals surface area contributed by atoms with E-state index >= 15 is 0 Å². The second kappa shape index (κ2) is 6.79. The molecule has 0 aliphatic carbocycles. The van der Waals surface area contributed by atoms with Gasteiger partial charge in [0, 0.05) is 29.8 Å². The van der Waals surface area contributed by atoms with E-state index in [1.54, 1.807) is 42.5 Å². The number of hydrogen-bond donors (Lipinski definition) is 3. The highest BCUT2D eigenvalue weighted by atomic mass is 16.6. The SMILES string of the molecule is NC(=O)C[C@@H]1N[C@@]2(C(=O)Nc3ccccc32)[C@H]2C(=O)N(c3ccc4c(c3)OCCO4)C(=O)[C@H]12. The van der Waals surface area contributed by atoms with Gasteiger partial charge in [0.25, 0.3) is 0 Å². The zero-order chi connectivity index (χ0) is 22.9. The van der Waals surface area contributed by atoms with Gasteiger partial charge < -0.3 is 20.5 Å². The normalized spacial score (nSPS) is 29.3. The Morgan fingerprint density at radius 2 is 1.82 bits per heavy atom. The molecule has 0 radical (unpaired) electrons. The van der Waals surface area contributed by atoms with Crippen molar-refractivity contribution in [3.8, 4) is 11.5 Å². The summed E-state index contributed by atoms with van der Waals surface area (Å²) in [5.74, 6) is -3.09. The van der Waals surface area contributed by atoms with Gasteiger partial charge in [-0.25, -0.2) is 4.90 Å². The van der Waals surface area contributed by atoms with E-state index in [-0.39, 0.29) is 6.42 Å². The molecule has 2 aromatic carbocycles. The molecule has 4 aliphatic rings. The van der Waals surface area contributed by atoms with E-state index in [2.05, 4.69) is 10.6 Å². The third-order valence-electron chi connectivity index (χ3n) is 6.83. The van der Waals surface area contributed by atoms with Crippen LogP contribution in [0.2, 0.25) is 0 Å². The van der Waals surface area contributed by atoms with E-state index in [0.29, 0.717) is 41.7 Å². The summed E-state index contributed by atoms with van der Waals surface area (Å²) < 4.78 is 11.1. The van der Waals surface area contributed by atoms with Crippen molar-refractivity contribution < 1.29 is 28.7 Å². The van der Waals surface area contributed by atoms with Crippen molar-refractivity contribution in [1.29, 1.82) is 0 Å². The predicted octanol–water partition coefficient (Wildman–Crippen LogP) is 0.258. The molecule has 33 heavy (non-hydrogen) atoms. The summed E-state index contributed by atoms with van der Waals surface area (Å²) in [5.41, 5.74) is 5.43. The number of nitrogens with zero attached hydrogens (tertiary/aromatic N) is 1. The topological polar surface area (TPSA) is 140 Å². The lowest BCUT2D eigenvalue weighted by Crippen LogP contribution is -2.53. The van der Waals surface area contributed by atoms with Crippen LogP contribution in [0.25, 0.3) is 0 Å². The molecular weight excluding hydrogens is 428 g/mol. The van der Waals surface area contributed by atoms with Crippen molar-refractivity contribution >= 4 is 35.0 Å². The number of fused-ring (bicyclic) bond motifs is 5. The van der Waals surface area contributed by atoms with Gasteiger partial charge in [0.05, 0.1) is 17.5 Å². The van der Waals surface area contributed by atoms with Crippen LogP contribution in [0.4, 0.5) is 11.4 Å². The average Bonchev–Trinajstić information content (AvgIpc) is 3.37. The summed E-state index contributed by atoms with van der Waals surface area (Å²) in [7, 11) is 0. The van der Waals surface area contributed by atoms with E-state index in [9.17, 15) is 19.2 Å². The molecular formula is C23H20N4O6. The summed E-state index contributed by atoms with van der Waals surface area (Å²) in [6.07, 6.45) is -0.188. The smallest absolute Gasteiger partial charge is 0.250 e. The number of carbonyl (C=O) groups excluding carboxylic acids is 4. The Morgan fingerprint density at radius 3 is 2.61 bits per heavy atom. The predicted molar refractivity (Wildman–Crippen MR) is 114 cm³/mol. The number of amides is 4. The first-order valence-corrected chi connectivity index (χ1v) is 10.7. The van der Waals surface area contributed by atoms with Gasteiger partial charge in [-0.2, -0.15) is 0 Å². The summed E-state index contributed by atoms with van der Waals surface area (Å²) in [6.45, 7) is 0.768. The van der Waals surface area contributed by atoms with E-state index in [4.69, 9.17) is 15.2 Å². The van der Waals surface area contributed by atoms with Gasteiger partial charge >= 0.3 is 0 Å². The van der Waals surface area contributed by atoms with Gasteiger partial charge in [0.1, 0.15) is 18.8 Å². The van der Waals surface area contributed by atoms with Crippen LogP contribution in [0.15, 0.2) is 42.5 Å². The third kappa shape index (κ3) is 2.58. The number of ether oxygens (including phenoxy) is 2. The second-order valence-corrected chi connectivity index (χ2v) is 8.57. The number of nitrogens with two attached hydrogens (primary N) is 1. The summed E-state index contributed by atoms with van der Waals surface area (Å²) in [6, 6.07) is 11.1. The monoisotopic (exact) mass is 448 g/mol. The van der Waals surface area contributed by atoms with E-state index in [1.807, 2.05) is 0 Å². The van der Waals surface area contributed by atoms with Crippen LogP contribution in [0, 0.1) is 11.8 Å². The zero-order valence-corrected chi connectivity index (χ0v) is 17.4. The molecule has 2 saturated heterocycles. The molecule has 2 aromatic rings. The Bertz CT molecular complexity index is 1250. The number of anilines is 2. The minimum absolute atomic E-state index is 0.188. The Balaban J connectivity index is 1.48. The van der Waals surface area contributed by atoms with Crippen LogP contribution in [0.3, 0.4) is 0 Å². The molecule has 2 fully saturated rings. The molecule has 4 heterocycles. The van der Waals surface area contributed by atoms with Crippen LogP contribution in [-0.2, 0) is 24.7 Å². The van der Waals surface area contributed by atoms with Crippen LogP contribution in [-0.4, -0.2) is 42.9 Å². The van der Waals surface area contributed by atoms with Crippen molar-refractivity contribution in [3.63, 3.8) is 0 Å². The number of carbonyl (C=O) groups is 4. The Morgan fingerprint density at radius 1 is 1.06 bits per heavy atom. The molecule has 4 N–H and O–H groups in total. The highest BCUT2D eigenvalue weighted by Gasteiger charge is 2.70. The van der Waals surface area contributed by atoms with Crippen LogP contribution in [0.5, 0.6) is 11.5 Å². The van der Waals surface area contributed by atoms with Crippen LogP contribution < -0.4 is 30.7 Å². The number of imide groups is 1. The number of para-hydroxylation sites is 1. The second-order valence-electron chi connectivity index (χ2n) is 8.57. The highest BCUT2D eigenvalue weighted by molar-refractivity contribution is 6.26. The first kappa shape index (κ1) is 19.7. The highest BCUT2D eigenvalue weighted by Crippen LogP contribution is 2.54. The van der Waals surface area contributed by atoms with Crippen molar-refractivity contribution in [1.82, 2.24) is 5.32 Å². The number of primary amides is 1. The lowest BCUT2D eigenvalue weighted by molar-refractivity contribution is -0.130. The van der Waals surface area contributed by atoms with Crippen molar-refractivity contribution in [2.75, 3.05) is 23.4 Å². The molecule has 1 spiro atoms. The molecule has 0 saturated carbocycles. The minimum atomic E-state index is -1.48. The first-order chi connectivity index (χ1) is 15.9. The van der Waals surface area contributed by atoms with Crippen molar-refractivity contribution in [2.45, 2.75) is 18.0 Å². The maximum absolute atomic E-state index is 13.8. The molecule has 4 amide bonds. The Kier molecular flexibility index (Phi) is 4.06. The van der Waals surface area contributed by atoms with Gasteiger partial charge in [-0.15, -0.1) is 0 Å². The quantitative estimate of drug-likeness (QED) is 0.572. The fourth-order valence-corrected chi connectivity index (χ4v) is 5.58. The summed E-state index contributed by atoms with van der Waals surface area (Å²) in [5, 5.41) is 5.97. The fourth-order valence-electron chi connectivity index (χ4n) is 5.58. The van der Waals surface area contributed by atoms with E-state index < -0.39 is 47.0 Å². The van der Waals surface area contributed by atoms with E-state index in [0.717, 1.165) is 4.90 Å². The van der Waals surface area contributed by atoms with Crippen molar-refractivity contribution in [3.05, 3.63) is 48.0 Å². The minimum Gasteiger partial charge on any atom is -0.486 e. The standard InChI is InChI=1S/C23H20N4O6/c24-17(28)10-14-18-19(23(26-14)12-3-1-2-4-13(12)25-22(23)31)21(30)27(20(18)29)11-5-6-15-16(9-11)33-8-7-32-15/h1-6,9,14,18-19,26H,7-8,10H2,(H2,24,28)(H,25,31)/t14-,18+,19+,23+/m0/s1. The summed E-state index contributed by atoms with van der Waals surface area (Å²) >= 11 is 0. The molecule has 0 bridgehead atoms. The molecule has 10 nitrogen and oxygen atoms in total. The molecule has 10 heteroatoms. The fraction of sp³-hybridized carbons (Fsp3) is 0.304. The van der Waals surface area contributed by atoms with Gasteiger partial charge in [-0.3, -0.25) is 24.5 Å². The van der Waals surface area contributed by atoms with Crippen LogP contribution in [0.1, 0.15) is 12.0 Å². The molecule has 0 aromatic heterocycles. The summed E-state index contributed by atoms with van der Waals surface area (Å²) in [4.78, 5) is 53.6. The molecule has 4 aliphatic heterocycles. The van der Waals surface area contributed by atoms with Crippen LogP contribution >= 0.6 is 0 Å². The zero-order valence-electron chi connectivity index (χ0n) is 17.4. The van der Waals surface area contributed by atoms with Crippen molar-refractivity contribution in [2.24, 2.45) is 17.6 Å². The Labute approximate surface area is 188 Å². The van der Waals surface area contributed by atoms with Gasteiger partial charge in [0.15, 0.2) is 11.5 Å². The molecule has 0 unspecified atom stereocenters. The molecule has 168 valence electrons. The average molecular weight is 448 g/mol. The lowest BCUT2D eigenvalue weighted by atomic mass is 9.76. The molecule has 4 atom stereocenters. The number of nitrogens with one attached hydrogen (secondary N) is 2. The third-order valence-corrected chi connectivity index (χ3v) is 6.83. The molecule has 6 rings (SSSR count). The van der Waals surface area contributed by atoms with Gasteiger partial charge in [-0.1, -0.05) is 18.2 Å². The Hall–Kier alpha value is -3.92. The lowest BCUT2D eigenvalue weighted by Gasteiger charge is -2.29.